The molecule has 5 rings (SSSR count). The summed E-state index contributed by atoms with van der Waals surface area (Å²) < 4.78 is 18.8. The predicted molar refractivity (Wildman–Crippen MR) is 113 cm³/mol. The van der Waals surface area contributed by atoms with Gasteiger partial charge in [-0.15, -0.1) is 0 Å². The Morgan fingerprint density at radius 3 is 2.61 bits per heavy atom. The van der Waals surface area contributed by atoms with Crippen molar-refractivity contribution in [3.63, 3.8) is 0 Å². The largest absolute Gasteiger partial charge is 0.467 e. The lowest BCUT2D eigenvalue weighted by Gasteiger charge is -2.29. The fourth-order valence-corrected chi connectivity index (χ4v) is 4.28. The number of aliphatic imine (C=N–C) groups is 1. The van der Waals surface area contributed by atoms with Gasteiger partial charge in [0.05, 0.1) is 25.8 Å². The third-order valence-corrected chi connectivity index (χ3v) is 5.70. The fourth-order valence-electron chi connectivity index (χ4n) is 4.28. The number of halogens is 1. The van der Waals surface area contributed by atoms with Crippen molar-refractivity contribution in [1.29, 1.82) is 0 Å². The topological polar surface area (TPSA) is 67.7 Å². The molecule has 0 unspecified atom stereocenters. The number of methoxy groups -OCH3 is 1. The van der Waals surface area contributed by atoms with Crippen LogP contribution in [0.4, 0.5) is 4.39 Å². The molecular weight excluding hydrogens is 395 g/mol. The number of amides is 1. The van der Waals surface area contributed by atoms with Crippen molar-refractivity contribution < 1.29 is 13.9 Å². The minimum Gasteiger partial charge on any atom is -0.467 e. The van der Waals surface area contributed by atoms with Crippen LogP contribution in [0.15, 0.2) is 47.7 Å². The van der Waals surface area contributed by atoms with Crippen LogP contribution in [0.5, 0.6) is 6.01 Å². The molecule has 2 aliphatic rings. The molecule has 7 heteroatoms. The second-order valence-corrected chi connectivity index (χ2v) is 7.96. The van der Waals surface area contributed by atoms with E-state index in [9.17, 15) is 9.18 Å². The van der Waals surface area contributed by atoms with E-state index in [0.29, 0.717) is 32.1 Å². The highest BCUT2D eigenvalue weighted by molar-refractivity contribution is 6.15. The Morgan fingerprint density at radius 2 is 1.87 bits per heavy atom. The maximum absolute atomic E-state index is 13.8. The predicted octanol–water partition coefficient (Wildman–Crippen LogP) is 3.37. The second-order valence-electron chi connectivity index (χ2n) is 7.96. The summed E-state index contributed by atoms with van der Waals surface area (Å²) in [5.74, 6) is -0.225. The van der Waals surface area contributed by atoms with E-state index < -0.39 is 0 Å². The summed E-state index contributed by atoms with van der Waals surface area (Å²) in [4.78, 5) is 27.6. The lowest BCUT2D eigenvalue weighted by Crippen LogP contribution is -2.36. The highest BCUT2D eigenvalue weighted by Gasteiger charge is 2.27. The highest BCUT2D eigenvalue weighted by atomic mass is 19.1. The third-order valence-electron chi connectivity index (χ3n) is 5.70. The average molecular weight is 416 g/mol. The van der Waals surface area contributed by atoms with Crippen molar-refractivity contribution in [2.45, 2.75) is 33.0 Å². The molecule has 0 radical (unpaired) electrons. The third kappa shape index (κ3) is 3.67. The van der Waals surface area contributed by atoms with Crippen molar-refractivity contribution in [2.75, 3.05) is 7.11 Å². The Balaban J connectivity index is 1.43. The SMILES string of the molecule is COc1ncc(C2=NCc3cc4c(cc32)CN(Cc2cc(C)cc(F)c2)C(=O)C4)cn1. The maximum Gasteiger partial charge on any atom is 0.316 e. The highest BCUT2D eigenvalue weighted by Crippen LogP contribution is 2.30. The summed E-state index contributed by atoms with van der Waals surface area (Å²) in [5.41, 5.74) is 7.61. The number of hydrogen-bond acceptors (Lipinski definition) is 5. The Bertz CT molecular complexity index is 1200. The molecule has 0 bridgehead atoms. The Labute approximate surface area is 179 Å². The molecule has 2 aromatic carbocycles. The molecule has 0 N–H and O–H groups in total. The smallest absolute Gasteiger partial charge is 0.316 e. The van der Waals surface area contributed by atoms with Gasteiger partial charge in [0.15, 0.2) is 0 Å². The van der Waals surface area contributed by atoms with Crippen LogP contribution < -0.4 is 4.74 Å². The number of aromatic nitrogens is 2. The van der Waals surface area contributed by atoms with Crippen LogP contribution >= 0.6 is 0 Å². The van der Waals surface area contributed by atoms with Crippen LogP contribution in [0.25, 0.3) is 0 Å². The van der Waals surface area contributed by atoms with E-state index in [4.69, 9.17) is 4.74 Å². The number of rotatable bonds is 4. The molecule has 1 aromatic heterocycles. The number of fused-ring (bicyclic) bond motifs is 2. The fraction of sp³-hybridized carbons (Fsp3) is 0.250. The van der Waals surface area contributed by atoms with Crippen LogP contribution in [0, 0.1) is 12.7 Å². The first-order valence-electron chi connectivity index (χ1n) is 10.1. The molecule has 0 saturated carbocycles. The number of benzene rings is 2. The lowest BCUT2D eigenvalue weighted by atomic mass is 9.91. The number of carbonyl (C=O) groups is 1. The minimum atomic E-state index is -0.278. The summed E-state index contributed by atoms with van der Waals surface area (Å²) in [5, 5.41) is 0. The van der Waals surface area contributed by atoms with Crippen molar-refractivity contribution in [3.8, 4) is 6.01 Å². The van der Waals surface area contributed by atoms with E-state index in [1.165, 1.54) is 19.2 Å². The average Bonchev–Trinajstić information content (AvgIpc) is 3.15. The van der Waals surface area contributed by atoms with Gasteiger partial charge in [-0.25, -0.2) is 14.4 Å². The van der Waals surface area contributed by atoms with Crippen molar-refractivity contribution in [1.82, 2.24) is 14.9 Å². The zero-order valence-electron chi connectivity index (χ0n) is 17.4. The van der Waals surface area contributed by atoms with Gasteiger partial charge in [0, 0.05) is 36.6 Å². The summed E-state index contributed by atoms with van der Waals surface area (Å²) in [6, 6.07) is 9.43. The van der Waals surface area contributed by atoms with E-state index in [1.807, 2.05) is 13.0 Å². The van der Waals surface area contributed by atoms with Gasteiger partial charge in [0.25, 0.3) is 0 Å². The number of ether oxygens (including phenoxy) is 1. The molecule has 1 amide bonds. The molecule has 0 atom stereocenters. The first-order valence-corrected chi connectivity index (χ1v) is 10.1. The maximum atomic E-state index is 13.8. The van der Waals surface area contributed by atoms with Crippen molar-refractivity contribution >= 4 is 11.6 Å². The molecule has 0 aliphatic carbocycles. The van der Waals surface area contributed by atoms with Gasteiger partial charge in [-0.2, -0.15) is 0 Å². The van der Waals surface area contributed by atoms with E-state index >= 15 is 0 Å². The quantitative estimate of drug-likeness (QED) is 0.654. The summed E-state index contributed by atoms with van der Waals surface area (Å²) in [6.45, 7) is 3.31. The van der Waals surface area contributed by atoms with E-state index in [-0.39, 0.29) is 11.7 Å². The molecule has 3 aromatic rings. The Hall–Kier alpha value is -3.61. The summed E-state index contributed by atoms with van der Waals surface area (Å²) >= 11 is 0. The molecule has 156 valence electrons. The van der Waals surface area contributed by atoms with Crippen LogP contribution in [0.3, 0.4) is 0 Å². The van der Waals surface area contributed by atoms with E-state index in [2.05, 4.69) is 27.1 Å². The van der Waals surface area contributed by atoms with Crippen LogP contribution in [0.1, 0.15) is 38.9 Å². The van der Waals surface area contributed by atoms with Crippen molar-refractivity contribution in [2.24, 2.45) is 4.99 Å². The van der Waals surface area contributed by atoms with Gasteiger partial charge in [0.1, 0.15) is 5.82 Å². The molecule has 0 saturated heterocycles. The number of carbonyl (C=O) groups excluding carboxylic acids is 1. The summed E-state index contributed by atoms with van der Waals surface area (Å²) in [7, 11) is 1.53. The van der Waals surface area contributed by atoms with Crippen molar-refractivity contribution in [3.05, 3.63) is 87.5 Å². The standard InChI is InChI=1S/C24H21FN4O2/c1-14-3-15(5-20(25)4-14)12-29-13-18-7-21-17(6-16(18)8-22(29)30)9-26-23(21)19-10-27-24(31-2)28-11-19/h3-7,10-11H,8-9,12-13H2,1-2H3. The van der Waals surface area contributed by atoms with Gasteiger partial charge in [-0.05, 0) is 52.9 Å². The van der Waals surface area contributed by atoms with Gasteiger partial charge >= 0.3 is 6.01 Å². The molecule has 6 nitrogen and oxygen atoms in total. The summed E-state index contributed by atoms with van der Waals surface area (Å²) in [6.07, 6.45) is 3.76. The van der Waals surface area contributed by atoms with Gasteiger partial charge in [-0.1, -0.05) is 12.1 Å². The van der Waals surface area contributed by atoms with E-state index in [0.717, 1.165) is 44.7 Å². The minimum absolute atomic E-state index is 0.0528. The molecule has 0 fully saturated rings. The zero-order chi connectivity index (χ0) is 21.5. The van der Waals surface area contributed by atoms with Crippen LogP contribution in [0.2, 0.25) is 0 Å². The van der Waals surface area contributed by atoms with Gasteiger partial charge in [-0.3, -0.25) is 9.79 Å². The lowest BCUT2D eigenvalue weighted by molar-refractivity contribution is -0.132. The first-order chi connectivity index (χ1) is 15.0. The van der Waals surface area contributed by atoms with Crippen LogP contribution in [-0.2, 0) is 30.8 Å². The zero-order valence-corrected chi connectivity index (χ0v) is 17.4. The molecular formula is C24H21FN4O2. The Morgan fingerprint density at radius 1 is 1.06 bits per heavy atom. The molecule has 0 spiro atoms. The Kier molecular flexibility index (Phi) is 4.73. The normalized spacial score (nSPS) is 14.9. The number of nitrogens with zero attached hydrogens (tertiary/aromatic N) is 4. The first kappa shape index (κ1) is 19.4. The number of aryl methyl sites for hydroxylation is 1. The van der Waals surface area contributed by atoms with E-state index in [1.54, 1.807) is 17.3 Å². The molecule has 3 heterocycles. The monoisotopic (exact) mass is 416 g/mol. The number of hydrogen-bond donors (Lipinski definition) is 0. The second kappa shape index (κ2) is 7.58. The van der Waals surface area contributed by atoms with Gasteiger partial charge in [0.2, 0.25) is 5.91 Å². The molecule has 2 aliphatic heterocycles. The molecule has 31 heavy (non-hydrogen) atoms. The van der Waals surface area contributed by atoms with Gasteiger partial charge < -0.3 is 9.64 Å². The van der Waals surface area contributed by atoms with Crippen LogP contribution in [-0.4, -0.2) is 33.6 Å².